The maximum atomic E-state index is 13.8. The third kappa shape index (κ3) is 6.50. The molecule has 1 atom stereocenters. The summed E-state index contributed by atoms with van der Waals surface area (Å²) in [6.45, 7) is 6.20. The summed E-state index contributed by atoms with van der Waals surface area (Å²) < 4.78 is 52.2. The van der Waals surface area contributed by atoms with Crippen LogP contribution < -0.4 is 15.8 Å². The van der Waals surface area contributed by atoms with Gasteiger partial charge in [-0.1, -0.05) is 19.9 Å². The van der Waals surface area contributed by atoms with E-state index in [9.17, 15) is 13.2 Å². The Balaban J connectivity index is 1.81. The van der Waals surface area contributed by atoms with Gasteiger partial charge in [-0.3, -0.25) is 0 Å². The number of nitrogens with two attached hydrogens (primary N) is 1. The molecule has 0 aliphatic heterocycles. The van der Waals surface area contributed by atoms with E-state index in [1.807, 2.05) is 19.9 Å². The Kier molecular flexibility index (Phi) is 7.13. The molecule has 0 saturated carbocycles. The Labute approximate surface area is 185 Å². The zero-order chi connectivity index (χ0) is 23.4. The number of pyridine rings is 1. The molecular formula is C24H28F3N3O2. The highest BCUT2D eigenvalue weighted by Crippen LogP contribution is 2.39. The first-order chi connectivity index (χ1) is 15.0. The standard InChI is InChI=1S/C24H28F3N3O2/c1-16(2)13-23(3,28)15-32-21-7-6-17(11-20(21)24(25,26)27)18-8-9-29-22(12-18)30-14-19-5-4-10-31-19/h4-12,16H,13-15,28H2,1-3H3,(H,29,30). The lowest BCUT2D eigenvalue weighted by Crippen LogP contribution is -2.43. The Bertz CT molecular complexity index is 1020. The van der Waals surface area contributed by atoms with Gasteiger partial charge in [0.05, 0.1) is 18.4 Å². The molecule has 0 amide bonds. The summed E-state index contributed by atoms with van der Waals surface area (Å²) in [6, 6.07) is 11.0. The molecule has 0 radical (unpaired) electrons. The van der Waals surface area contributed by atoms with Crippen molar-refractivity contribution in [2.75, 3.05) is 11.9 Å². The van der Waals surface area contributed by atoms with Crippen LogP contribution in [0.4, 0.5) is 19.0 Å². The third-order valence-electron chi connectivity index (χ3n) is 4.83. The molecule has 0 spiro atoms. The fraction of sp³-hybridized carbons (Fsp3) is 0.375. The Hall–Kier alpha value is -3.00. The van der Waals surface area contributed by atoms with Crippen LogP contribution in [0, 0.1) is 5.92 Å². The van der Waals surface area contributed by atoms with Gasteiger partial charge in [0, 0.05) is 11.7 Å². The van der Waals surface area contributed by atoms with Crippen LogP contribution in [0.25, 0.3) is 11.1 Å². The van der Waals surface area contributed by atoms with Crippen LogP contribution in [0.5, 0.6) is 5.75 Å². The van der Waals surface area contributed by atoms with E-state index in [0.29, 0.717) is 35.8 Å². The van der Waals surface area contributed by atoms with Crippen LogP contribution >= 0.6 is 0 Å². The third-order valence-corrected chi connectivity index (χ3v) is 4.83. The minimum Gasteiger partial charge on any atom is -0.491 e. The van der Waals surface area contributed by atoms with E-state index in [2.05, 4.69) is 10.3 Å². The van der Waals surface area contributed by atoms with Crippen molar-refractivity contribution in [3.63, 3.8) is 0 Å². The Morgan fingerprint density at radius 1 is 1.12 bits per heavy atom. The summed E-state index contributed by atoms with van der Waals surface area (Å²) in [5.41, 5.74) is 5.64. The first-order valence-corrected chi connectivity index (χ1v) is 10.4. The van der Waals surface area contributed by atoms with Crippen molar-refractivity contribution >= 4 is 5.82 Å². The molecule has 5 nitrogen and oxygen atoms in total. The number of nitrogens with zero attached hydrogens (tertiary/aromatic N) is 1. The average Bonchev–Trinajstić information content (AvgIpc) is 3.23. The van der Waals surface area contributed by atoms with Crippen molar-refractivity contribution in [1.82, 2.24) is 4.98 Å². The lowest BCUT2D eigenvalue weighted by molar-refractivity contribution is -0.139. The summed E-state index contributed by atoms with van der Waals surface area (Å²) >= 11 is 0. The number of halogens is 3. The summed E-state index contributed by atoms with van der Waals surface area (Å²) in [5.74, 6) is 1.33. The van der Waals surface area contributed by atoms with Crippen molar-refractivity contribution < 1.29 is 22.3 Å². The van der Waals surface area contributed by atoms with E-state index in [0.717, 1.165) is 11.8 Å². The molecule has 0 fully saturated rings. The fourth-order valence-corrected chi connectivity index (χ4v) is 3.59. The van der Waals surface area contributed by atoms with Gasteiger partial charge in [0.25, 0.3) is 0 Å². The van der Waals surface area contributed by atoms with E-state index in [1.165, 1.54) is 6.07 Å². The van der Waals surface area contributed by atoms with Gasteiger partial charge in [0.1, 0.15) is 23.9 Å². The van der Waals surface area contributed by atoms with Crippen molar-refractivity contribution in [2.24, 2.45) is 11.7 Å². The van der Waals surface area contributed by atoms with Gasteiger partial charge in [-0.05, 0) is 66.8 Å². The number of alkyl halides is 3. The molecule has 3 N–H and O–H groups in total. The smallest absolute Gasteiger partial charge is 0.419 e. The number of hydrogen-bond donors (Lipinski definition) is 2. The lowest BCUT2D eigenvalue weighted by Gasteiger charge is -2.27. The van der Waals surface area contributed by atoms with Crippen molar-refractivity contribution in [3.05, 3.63) is 66.2 Å². The number of aromatic nitrogens is 1. The highest BCUT2D eigenvalue weighted by molar-refractivity contribution is 5.68. The number of anilines is 1. The SMILES string of the molecule is CC(C)CC(C)(N)COc1ccc(-c2ccnc(NCc3ccco3)c2)cc1C(F)(F)F. The molecule has 1 aromatic carbocycles. The molecule has 0 aliphatic rings. The second-order valence-electron chi connectivity index (χ2n) is 8.61. The van der Waals surface area contributed by atoms with E-state index in [-0.39, 0.29) is 12.4 Å². The molecule has 0 aliphatic carbocycles. The van der Waals surface area contributed by atoms with E-state index in [4.69, 9.17) is 14.9 Å². The van der Waals surface area contributed by atoms with E-state index < -0.39 is 17.3 Å². The molecule has 172 valence electrons. The molecule has 2 aromatic heterocycles. The van der Waals surface area contributed by atoms with Gasteiger partial charge in [0.15, 0.2) is 0 Å². The summed E-state index contributed by atoms with van der Waals surface area (Å²) in [6.07, 6.45) is -0.818. The number of benzene rings is 1. The molecule has 1 unspecified atom stereocenters. The molecule has 32 heavy (non-hydrogen) atoms. The minimum atomic E-state index is -4.57. The van der Waals surface area contributed by atoms with E-state index in [1.54, 1.807) is 43.6 Å². The second-order valence-corrected chi connectivity index (χ2v) is 8.61. The molecule has 8 heteroatoms. The van der Waals surface area contributed by atoms with Gasteiger partial charge in [-0.25, -0.2) is 4.98 Å². The number of hydrogen-bond acceptors (Lipinski definition) is 5. The van der Waals surface area contributed by atoms with Crippen LogP contribution in [0.2, 0.25) is 0 Å². The highest BCUT2D eigenvalue weighted by Gasteiger charge is 2.35. The predicted molar refractivity (Wildman–Crippen MR) is 118 cm³/mol. The molecule has 3 aromatic rings. The van der Waals surface area contributed by atoms with Crippen LogP contribution in [0.1, 0.15) is 38.5 Å². The van der Waals surface area contributed by atoms with Crippen LogP contribution in [-0.2, 0) is 12.7 Å². The lowest BCUT2D eigenvalue weighted by atomic mass is 9.93. The topological polar surface area (TPSA) is 73.3 Å². The summed E-state index contributed by atoms with van der Waals surface area (Å²) in [5, 5.41) is 3.10. The number of ether oxygens (including phenoxy) is 1. The zero-order valence-corrected chi connectivity index (χ0v) is 18.4. The quantitative estimate of drug-likeness (QED) is 0.414. The first-order valence-electron chi connectivity index (χ1n) is 10.4. The maximum absolute atomic E-state index is 13.8. The fourth-order valence-electron chi connectivity index (χ4n) is 3.59. The van der Waals surface area contributed by atoms with Gasteiger partial charge >= 0.3 is 6.18 Å². The Morgan fingerprint density at radius 2 is 1.88 bits per heavy atom. The average molecular weight is 448 g/mol. The van der Waals surface area contributed by atoms with Crippen molar-refractivity contribution in [3.8, 4) is 16.9 Å². The number of furan rings is 1. The van der Waals surface area contributed by atoms with Gasteiger partial charge in [-0.15, -0.1) is 0 Å². The van der Waals surface area contributed by atoms with Gasteiger partial charge in [0.2, 0.25) is 0 Å². The molecule has 2 heterocycles. The highest BCUT2D eigenvalue weighted by atomic mass is 19.4. The maximum Gasteiger partial charge on any atom is 0.419 e. The van der Waals surface area contributed by atoms with Gasteiger partial charge in [-0.2, -0.15) is 13.2 Å². The molecule has 0 saturated heterocycles. The zero-order valence-electron chi connectivity index (χ0n) is 18.4. The van der Waals surface area contributed by atoms with Crippen molar-refractivity contribution in [1.29, 1.82) is 0 Å². The number of nitrogens with one attached hydrogen (secondary N) is 1. The van der Waals surface area contributed by atoms with Crippen LogP contribution in [0.3, 0.4) is 0 Å². The largest absolute Gasteiger partial charge is 0.491 e. The number of rotatable bonds is 9. The molecule has 0 bridgehead atoms. The molecular weight excluding hydrogens is 419 g/mol. The predicted octanol–water partition coefficient (Wildman–Crippen LogP) is 6.11. The normalized spacial score (nSPS) is 13.8. The second kappa shape index (κ2) is 9.65. The van der Waals surface area contributed by atoms with Crippen LogP contribution in [-0.4, -0.2) is 17.1 Å². The van der Waals surface area contributed by atoms with Crippen molar-refractivity contribution in [2.45, 2.75) is 45.5 Å². The van der Waals surface area contributed by atoms with Crippen LogP contribution in [0.15, 0.2) is 59.3 Å². The monoisotopic (exact) mass is 447 g/mol. The Morgan fingerprint density at radius 3 is 2.53 bits per heavy atom. The van der Waals surface area contributed by atoms with Gasteiger partial charge < -0.3 is 20.2 Å². The van der Waals surface area contributed by atoms with E-state index >= 15 is 0 Å². The summed E-state index contributed by atoms with van der Waals surface area (Å²) in [7, 11) is 0. The molecule has 3 rings (SSSR count). The minimum absolute atomic E-state index is 0.0102. The summed E-state index contributed by atoms with van der Waals surface area (Å²) in [4.78, 5) is 4.22. The first kappa shape index (κ1) is 23.7.